The average Bonchev–Trinajstić information content (AvgIpc) is 2.74. The van der Waals surface area contributed by atoms with Gasteiger partial charge in [-0.3, -0.25) is 4.79 Å². The lowest BCUT2D eigenvalue weighted by molar-refractivity contribution is -0.151. The summed E-state index contributed by atoms with van der Waals surface area (Å²) in [7, 11) is -4.26. The van der Waals surface area contributed by atoms with E-state index in [0.717, 1.165) is 18.9 Å². The maximum Gasteiger partial charge on any atom is 0.341 e. The molecule has 0 saturated heterocycles. The maximum absolute atomic E-state index is 12.4. The Morgan fingerprint density at radius 2 is 1.77 bits per heavy atom. The summed E-state index contributed by atoms with van der Waals surface area (Å²) in [4.78, 5) is 23.2. The zero-order chi connectivity index (χ0) is 22.9. The van der Waals surface area contributed by atoms with Crippen LogP contribution in [0.4, 0.5) is 5.69 Å². The molecule has 0 fully saturated rings. The van der Waals surface area contributed by atoms with Crippen LogP contribution in [0.25, 0.3) is 0 Å². The van der Waals surface area contributed by atoms with Crippen molar-refractivity contribution in [1.82, 2.24) is 0 Å². The highest BCUT2D eigenvalue weighted by Gasteiger charge is 2.24. The number of unbranched alkanes of at least 4 members (excludes halogenated alkanes) is 1. The Labute approximate surface area is 181 Å². The minimum absolute atomic E-state index is 0.0289. The van der Waals surface area contributed by atoms with Crippen molar-refractivity contribution in [1.29, 1.82) is 0 Å². The number of anilines is 1. The highest BCUT2D eigenvalue weighted by molar-refractivity contribution is 7.89. The molecule has 0 aliphatic heterocycles. The third-order valence-corrected chi connectivity index (χ3v) is 5.02. The fourth-order valence-corrected chi connectivity index (χ4v) is 3.21. The van der Waals surface area contributed by atoms with Crippen molar-refractivity contribution in [2.45, 2.75) is 38.0 Å². The molecule has 168 valence electrons. The smallest absolute Gasteiger partial charge is 0.341 e. The quantitative estimate of drug-likeness (QED) is 0.302. The van der Waals surface area contributed by atoms with E-state index in [2.05, 4.69) is 5.32 Å². The highest BCUT2D eigenvalue weighted by Crippen LogP contribution is 2.37. The van der Waals surface area contributed by atoms with Crippen LogP contribution in [0.5, 0.6) is 11.5 Å². The first kappa shape index (κ1) is 24.2. The summed E-state index contributed by atoms with van der Waals surface area (Å²) in [6, 6.07) is 11.1. The average molecular weight is 451 g/mol. The number of rotatable bonds is 11. The van der Waals surface area contributed by atoms with Gasteiger partial charge in [0.2, 0.25) is 16.8 Å². The van der Waals surface area contributed by atoms with Crippen LogP contribution < -0.4 is 15.2 Å². The fraction of sp³-hybridized carbons (Fsp3) is 0.333. The SMILES string of the molecule is CCCCNc1cc(C(=O)OCOC(=O)CC)cc(S(N)(=O)=O)c1Oc1ccccc1. The van der Waals surface area contributed by atoms with Crippen LogP contribution in [0.15, 0.2) is 47.4 Å². The summed E-state index contributed by atoms with van der Waals surface area (Å²) in [5, 5.41) is 8.49. The number of esters is 2. The minimum atomic E-state index is -4.26. The number of para-hydroxylation sites is 1. The lowest BCUT2D eigenvalue weighted by atomic mass is 10.1. The molecule has 2 aromatic carbocycles. The standard InChI is InChI=1S/C21H26N2O7S/c1-3-5-11-23-17-12-15(21(25)29-14-28-19(24)4-2)13-18(31(22,26)27)20(17)30-16-9-7-6-8-10-16/h6-10,12-13,23H,3-5,11,14H2,1-2H3,(H2,22,26,27). The molecule has 9 nitrogen and oxygen atoms in total. The van der Waals surface area contributed by atoms with E-state index in [9.17, 15) is 18.0 Å². The van der Waals surface area contributed by atoms with Crippen LogP contribution in [0.2, 0.25) is 0 Å². The van der Waals surface area contributed by atoms with Crippen LogP contribution in [0, 0.1) is 0 Å². The van der Waals surface area contributed by atoms with Gasteiger partial charge in [-0.15, -0.1) is 0 Å². The van der Waals surface area contributed by atoms with Gasteiger partial charge in [0.15, 0.2) is 5.75 Å². The number of carbonyl (C=O) groups excluding carboxylic acids is 2. The second-order valence-corrected chi connectivity index (χ2v) is 8.04. The van der Waals surface area contributed by atoms with Crippen LogP contribution in [0.1, 0.15) is 43.5 Å². The molecule has 0 aliphatic carbocycles. The van der Waals surface area contributed by atoms with Gasteiger partial charge in [0.05, 0.1) is 11.3 Å². The maximum atomic E-state index is 12.4. The van der Waals surface area contributed by atoms with Crippen molar-refractivity contribution < 1.29 is 32.2 Å². The largest absolute Gasteiger partial charge is 0.454 e. The number of carbonyl (C=O) groups is 2. The number of ether oxygens (including phenoxy) is 3. The third kappa shape index (κ3) is 7.26. The number of nitrogens with one attached hydrogen (secondary N) is 1. The summed E-state index contributed by atoms with van der Waals surface area (Å²) in [6.07, 6.45) is 1.83. The Bertz CT molecular complexity index is 1010. The van der Waals surface area contributed by atoms with Gasteiger partial charge in [-0.05, 0) is 30.7 Å². The van der Waals surface area contributed by atoms with Gasteiger partial charge >= 0.3 is 11.9 Å². The molecule has 0 aromatic heterocycles. The van der Waals surface area contributed by atoms with Crippen LogP contribution in [-0.2, 0) is 24.3 Å². The second kappa shape index (κ2) is 11.3. The molecule has 0 aliphatic rings. The van der Waals surface area contributed by atoms with Gasteiger partial charge in [0.1, 0.15) is 10.6 Å². The van der Waals surface area contributed by atoms with Crippen LogP contribution >= 0.6 is 0 Å². The van der Waals surface area contributed by atoms with Gasteiger partial charge in [-0.1, -0.05) is 38.5 Å². The fourth-order valence-electron chi connectivity index (χ4n) is 2.51. The molecule has 0 spiro atoms. The highest BCUT2D eigenvalue weighted by atomic mass is 32.2. The molecule has 0 atom stereocenters. The topological polar surface area (TPSA) is 134 Å². The van der Waals surface area contributed by atoms with Gasteiger partial charge in [-0.2, -0.15) is 0 Å². The van der Waals surface area contributed by atoms with Crippen molar-refractivity contribution in [2.75, 3.05) is 18.7 Å². The molecule has 0 unspecified atom stereocenters. The first-order chi connectivity index (χ1) is 14.8. The predicted octanol–water partition coefficient (Wildman–Crippen LogP) is 3.41. The first-order valence-corrected chi connectivity index (χ1v) is 11.3. The summed E-state index contributed by atoms with van der Waals surface area (Å²) in [5.74, 6) is -1.04. The van der Waals surface area contributed by atoms with E-state index < -0.39 is 28.8 Å². The van der Waals surface area contributed by atoms with E-state index in [4.69, 9.17) is 19.3 Å². The third-order valence-electron chi connectivity index (χ3n) is 4.10. The Morgan fingerprint density at radius 3 is 2.39 bits per heavy atom. The number of nitrogens with two attached hydrogens (primary N) is 1. The number of hydrogen-bond donors (Lipinski definition) is 2. The van der Waals surface area contributed by atoms with Gasteiger partial charge in [0, 0.05) is 13.0 Å². The monoisotopic (exact) mass is 450 g/mol. The molecule has 10 heteroatoms. The first-order valence-electron chi connectivity index (χ1n) is 9.76. The Hall–Kier alpha value is -3.11. The predicted molar refractivity (Wildman–Crippen MR) is 114 cm³/mol. The molecule has 31 heavy (non-hydrogen) atoms. The molecule has 3 N–H and O–H groups in total. The van der Waals surface area contributed by atoms with Gasteiger partial charge in [0.25, 0.3) is 0 Å². The molecule has 0 radical (unpaired) electrons. The molecule has 0 amide bonds. The number of sulfonamides is 1. The van der Waals surface area contributed by atoms with Crippen molar-refractivity contribution in [3.05, 3.63) is 48.0 Å². The number of primary sulfonamides is 1. The zero-order valence-electron chi connectivity index (χ0n) is 17.4. The van der Waals surface area contributed by atoms with E-state index >= 15 is 0 Å². The summed E-state index contributed by atoms with van der Waals surface area (Å²) < 4.78 is 40.0. The summed E-state index contributed by atoms with van der Waals surface area (Å²) in [5.41, 5.74) is 0.178. The molecular formula is C21H26N2O7S. The summed E-state index contributed by atoms with van der Waals surface area (Å²) >= 11 is 0. The van der Waals surface area contributed by atoms with Crippen LogP contribution in [-0.4, -0.2) is 33.7 Å². The second-order valence-electron chi connectivity index (χ2n) is 6.51. The molecule has 2 rings (SSSR count). The van der Waals surface area contributed by atoms with Gasteiger partial charge in [-0.25, -0.2) is 18.4 Å². The molecule has 0 saturated carbocycles. The van der Waals surface area contributed by atoms with Crippen molar-refractivity contribution in [3.8, 4) is 11.5 Å². The molecular weight excluding hydrogens is 424 g/mol. The lowest BCUT2D eigenvalue weighted by Gasteiger charge is -2.17. The Morgan fingerprint density at radius 1 is 1.06 bits per heavy atom. The van der Waals surface area contributed by atoms with Crippen molar-refractivity contribution >= 4 is 27.6 Å². The van der Waals surface area contributed by atoms with Gasteiger partial charge < -0.3 is 19.5 Å². The molecule has 0 bridgehead atoms. The van der Waals surface area contributed by atoms with E-state index in [1.807, 2.05) is 6.92 Å². The molecule has 2 aromatic rings. The van der Waals surface area contributed by atoms with Crippen molar-refractivity contribution in [2.24, 2.45) is 5.14 Å². The lowest BCUT2D eigenvalue weighted by Crippen LogP contribution is -2.17. The van der Waals surface area contributed by atoms with E-state index in [1.165, 1.54) is 6.07 Å². The van der Waals surface area contributed by atoms with Crippen molar-refractivity contribution in [3.63, 3.8) is 0 Å². The normalized spacial score (nSPS) is 10.9. The Balaban J connectivity index is 2.44. The van der Waals surface area contributed by atoms with Crippen LogP contribution in [0.3, 0.4) is 0 Å². The Kier molecular flexibility index (Phi) is 8.83. The number of hydrogen-bond acceptors (Lipinski definition) is 8. The van der Waals surface area contributed by atoms with E-state index in [0.29, 0.717) is 12.3 Å². The van der Waals surface area contributed by atoms with E-state index in [1.54, 1.807) is 37.3 Å². The number of benzene rings is 2. The molecule has 0 heterocycles. The zero-order valence-corrected chi connectivity index (χ0v) is 18.2. The summed E-state index contributed by atoms with van der Waals surface area (Å²) in [6.45, 7) is 3.53. The minimum Gasteiger partial charge on any atom is -0.454 e. The van der Waals surface area contributed by atoms with E-state index in [-0.39, 0.29) is 28.3 Å².